The highest BCUT2D eigenvalue weighted by molar-refractivity contribution is 9.10. The number of pyridine rings is 1. The van der Waals surface area contributed by atoms with Crippen LogP contribution in [0.25, 0.3) is 0 Å². The van der Waals surface area contributed by atoms with Crippen LogP contribution in [0, 0.1) is 11.3 Å². The topological polar surface area (TPSA) is 36.7 Å². The van der Waals surface area contributed by atoms with Crippen LogP contribution in [-0.4, -0.2) is 4.98 Å². The molecule has 5 heteroatoms. The molecule has 0 aliphatic heterocycles. The summed E-state index contributed by atoms with van der Waals surface area (Å²) in [7, 11) is 0. The van der Waals surface area contributed by atoms with Crippen molar-refractivity contribution in [2.24, 2.45) is 0 Å². The average molecular weight is 247 g/mol. The Morgan fingerprint density at radius 1 is 1.62 bits per heavy atom. The molecule has 0 fully saturated rings. The Morgan fingerprint density at radius 2 is 2.31 bits per heavy atom. The number of hydrogen-bond donors (Lipinski definition) is 0. The van der Waals surface area contributed by atoms with Gasteiger partial charge in [0.2, 0.25) is 0 Å². The minimum Gasteiger partial charge on any atom is -0.254 e. The van der Waals surface area contributed by atoms with E-state index in [1.54, 1.807) is 6.07 Å². The monoisotopic (exact) mass is 246 g/mol. The number of nitrogens with zero attached hydrogens (tertiary/aromatic N) is 2. The van der Waals surface area contributed by atoms with Gasteiger partial charge in [0.15, 0.2) is 0 Å². The van der Waals surface area contributed by atoms with Crippen molar-refractivity contribution < 1.29 is 8.78 Å². The molecule has 0 saturated carbocycles. The molecule has 0 unspecified atom stereocenters. The van der Waals surface area contributed by atoms with E-state index in [0.717, 1.165) is 0 Å². The van der Waals surface area contributed by atoms with E-state index in [9.17, 15) is 8.78 Å². The molecule has 0 atom stereocenters. The predicted octanol–water partition coefficient (Wildman–Crippen LogP) is 2.85. The quantitative estimate of drug-likeness (QED) is 0.805. The maximum absolute atomic E-state index is 12.3. The summed E-state index contributed by atoms with van der Waals surface area (Å²) < 4.78 is 24.8. The van der Waals surface area contributed by atoms with Crippen molar-refractivity contribution in [2.45, 2.75) is 12.8 Å². The van der Waals surface area contributed by atoms with Crippen LogP contribution in [0.5, 0.6) is 0 Å². The van der Waals surface area contributed by atoms with Crippen LogP contribution in [0.4, 0.5) is 8.78 Å². The molecule has 0 aliphatic carbocycles. The molecular formula is C8H5BrF2N2. The third-order valence-electron chi connectivity index (χ3n) is 1.47. The van der Waals surface area contributed by atoms with Crippen LogP contribution in [0.15, 0.2) is 16.7 Å². The second-order valence-electron chi connectivity index (χ2n) is 2.30. The van der Waals surface area contributed by atoms with Crippen molar-refractivity contribution in [2.75, 3.05) is 0 Å². The van der Waals surface area contributed by atoms with Crippen LogP contribution >= 0.6 is 15.9 Å². The molecule has 1 heterocycles. The SMILES string of the molecule is N#CCc1ccnc(C(F)F)c1Br. The molecule has 0 spiro atoms. The van der Waals surface area contributed by atoms with E-state index in [0.29, 0.717) is 5.56 Å². The molecule has 0 radical (unpaired) electrons. The van der Waals surface area contributed by atoms with Crippen LogP contribution in [0.2, 0.25) is 0 Å². The van der Waals surface area contributed by atoms with Crippen LogP contribution in [0.3, 0.4) is 0 Å². The van der Waals surface area contributed by atoms with Crippen molar-refractivity contribution in [3.05, 3.63) is 28.0 Å². The lowest BCUT2D eigenvalue weighted by molar-refractivity contribution is 0.145. The van der Waals surface area contributed by atoms with Crippen molar-refractivity contribution in [1.29, 1.82) is 5.26 Å². The number of hydrogen-bond acceptors (Lipinski definition) is 2. The van der Waals surface area contributed by atoms with Crippen molar-refractivity contribution >= 4 is 15.9 Å². The summed E-state index contributed by atoms with van der Waals surface area (Å²) in [5.74, 6) is 0. The highest BCUT2D eigenvalue weighted by Crippen LogP contribution is 2.27. The van der Waals surface area contributed by atoms with Gasteiger partial charge >= 0.3 is 0 Å². The summed E-state index contributed by atoms with van der Waals surface area (Å²) in [5.41, 5.74) is 0.223. The molecule has 0 aliphatic rings. The molecule has 0 aromatic carbocycles. The Kier molecular flexibility index (Phi) is 3.32. The van der Waals surface area contributed by atoms with E-state index in [4.69, 9.17) is 5.26 Å². The molecule has 0 saturated heterocycles. The summed E-state index contributed by atoms with van der Waals surface area (Å²) in [5, 5.41) is 8.39. The second-order valence-corrected chi connectivity index (χ2v) is 3.10. The molecule has 68 valence electrons. The summed E-state index contributed by atoms with van der Waals surface area (Å²) in [6.07, 6.45) is -1.24. The van der Waals surface area contributed by atoms with E-state index < -0.39 is 6.43 Å². The zero-order valence-corrected chi connectivity index (χ0v) is 8.05. The fourth-order valence-electron chi connectivity index (χ4n) is 0.876. The molecule has 13 heavy (non-hydrogen) atoms. The first-order valence-corrected chi connectivity index (χ1v) is 4.24. The molecule has 0 amide bonds. The van der Waals surface area contributed by atoms with Crippen LogP contribution in [-0.2, 0) is 6.42 Å². The Bertz CT molecular complexity index is 346. The maximum atomic E-state index is 12.3. The Hall–Kier alpha value is -1.02. The van der Waals surface area contributed by atoms with Gasteiger partial charge in [-0.05, 0) is 27.6 Å². The van der Waals surface area contributed by atoms with E-state index in [2.05, 4.69) is 20.9 Å². The van der Waals surface area contributed by atoms with Gasteiger partial charge in [0.1, 0.15) is 5.69 Å². The highest BCUT2D eigenvalue weighted by Gasteiger charge is 2.15. The molecule has 0 bridgehead atoms. The van der Waals surface area contributed by atoms with Gasteiger partial charge in [-0.3, -0.25) is 4.98 Å². The zero-order valence-electron chi connectivity index (χ0n) is 6.47. The Balaban J connectivity index is 3.12. The van der Waals surface area contributed by atoms with E-state index in [-0.39, 0.29) is 16.6 Å². The Morgan fingerprint density at radius 3 is 2.85 bits per heavy atom. The molecular weight excluding hydrogens is 242 g/mol. The van der Waals surface area contributed by atoms with Gasteiger partial charge in [-0.1, -0.05) is 0 Å². The molecule has 1 aromatic heterocycles. The normalized spacial score (nSPS) is 10.1. The number of alkyl halides is 2. The third kappa shape index (κ3) is 2.22. The van der Waals surface area contributed by atoms with Gasteiger partial charge in [0, 0.05) is 10.7 Å². The Labute approximate surface area is 82.3 Å². The van der Waals surface area contributed by atoms with E-state index in [1.807, 2.05) is 6.07 Å². The van der Waals surface area contributed by atoms with Crippen molar-refractivity contribution in [1.82, 2.24) is 4.98 Å². The van der Waals surface area contributed by atoms with Gasteiger partial charge in [-0.25, -0.2) is 8.78 Å². The predicted molar refractivity (Wildman–Crippen MR) is 46.2 cm³/mol. The summed E-state index contributed by atoms with van der Waals surface area (Å²) in [6, 6.07) is 3.43. The molecule has 1 aromatic rings. The second kappa shape index (κ2) is 4.28. The van der Waals surface area contributed by atoms with Crippen molar-refractivity contribution in [3.8, 4) is 6.07 Å². The summed E-state index contributed by atoms with van der Waals surface area (Å²) in [6.45, 7) is 0. The highest BCUT2D eigenvalue weighted by atomic mass is 79.9. The first kappa shape index (κ1) is 10.1. The first-order chi connectivity index (χ1) is 6.16. The van der Waals surface area contributed by atoms with Gasteiger partial charge in [-0.2, -0.15) is 5.26 Å². The van der Waals surface area contributed by atoms with Gasteiger partial charge in [0.05, 0.1) is 12.5 Å². The largest absolute Gasteiger partial charge is 0.281 e. The smallest absolute Gasteiger partial charge is 0.254 e. The maximum Gasteiger partial charge on any atom is 0.281 e. The van der Waals surface area contributed by atoms with Gasteiger partial charge in [-0.15, -0.1) is 0 Å². The lowest BCUT2D eigenvalue weighted by Gasteiger charge is -2.04. The number of aromatic nitrogens is 1. The standard InChI is InChI=1S/C8H5BrF2N2/c9-6-5(1-3-12)2-4-13-7(6)8(10)11/h2,4,8H,1H2. The van der Waals surface area contributed by atoms with E-state index in [1.165, 1.54) is 6.20 Å². The lowest BCUT2D eigenvalue weighted by atomic mass is 10.2. The molecule has 0 N–H and O–H groups in total. The van der Waals surface area contributed by atoms with Crippen LogP contribution < -0.4 is 0 Å². The number of rotatable bonds is 2. The van der Waals surface area contributed by atoms with Crippen LogP contribution in [0.1, 0.15) is 17.7 Å². The van der Waals surface area contributed by atoms with Gasteiger partial charge < -0.3 is 0 Å². The minimum absolute atomic E-state index is 0.100. The lowest BCUT2D eigenvalue weighted by Crippen LogP contribution is -1.95. The zero-order chi connectivity index (χ0) is 9.84. The minimum atomic E-state index is -2.62. The summed E-state index contributed by atoms with van der Waals surface area (Å²) in [4.78, 5) is 3.51. The third-order valence-corrected chi connectivity index (χ3v) is 2.39. The molecule has 2 nitrogen and oxygen atoms in total. The van der Waals surface area contributed by atoms with Gasteiger partial charge in [0.25, 0.3) is 6.43 Å². The number of nitriles is 1. The fourth-order valence-corrected chi connectivity index (χ4v) is 1.42. The number of halogens is 3. The van der Waals surface area contributed by atoms with E-state index >= 15 is 0 Å². The molecule has 1 rings (SSSR count). The fraction of sp³-hybridized carbons (Fsp3) is 0.250. The summed E-state index contributed by atoms with van der Waals surface area (Å²) >= 11 is 2.99. The first-order valence-electron chi connectivity index (χ1n) is 3.45. The van der Waals surface area contributed by atoms with Crippen molar-refractivity contribution in [3.63, 3.8) is 0 Å². The average Bonchev–Trinajstić information content (AvgIpc) is 2.08.